The van der Waals surface area contributed by atoms with Crippen LogP contribution in [-0.2, 0) is 16.0 Å². The summed E-state index contributed by atoms with van der Waals surface area (Å²) in [6.07, 6.45) is 1.37. The highest BCUT2D eigenvalue weighted by Gasteiger charge is 2.21. The molecule has 1 atom stereocenters. The third-order valence-corrected chi connectivity index (χ3v) is 5.19. The van der Waals surface area contributed by atoms with Crippen LogP contribution in [0.2, 0.25) is 0 Å². The number of nitrogens with zero attached hydrogens (tertiary/aromatic N) is 3. The van der Waals surface area contributed by atoms with Crippen molar-refractivity contribution in [2.75, 3.05) is 5.32 Å². The Kier molecular flexibility index (Phi) is 6.81. The molecule has 0 spiro atoms. The Labute approximate surface area is 199 Å². The number of aryl methyl sites for hydroxylation is 1. The number of carbonyl (C=O) groups is 2. The second kappa shape index (κ2) is 10.1. The van der Waals surface area contributed by atoms with Gasteiger partial charge in [0.2, 0.25) is 5.76 Å². The van der Waals surface area contributed by atoms with Crippen molar-refractivity contribution in [2.24, 2.45) is 0 Å². The first kappa shape index (κ1) is 23.6. The smallest absolute Gasteiger partial charge is 0.412 e. The van der Waals surface area contributed by atoms with Crippen LogP contribution in [0.4, 0.5) is 14.9 Å². The Bertz CT molecular complexity index is 1350. The molecule has 0 radical (unpaired) electrons. The molecule has 1 amide bonds. The zero-order chi connectivity index (χ0) is 24.9. The number of carboxylic acid groups (broad SMARTS) is 1. The highest BCUT2D eigenvalue weighted by atomic mass is 19.1. The first-order chi connectivity index (χ1) is 16.8. The molecule has 0 unspecified atom stereocenters. The number of carboxylic acids is 1. The fraction of sp³-hybridized carbons (Fsp3) is 0.160. The average Bonchev–Trinajstić information content (AvgIpc) is 3.19. The number of anilines is 1. The Morgan fingerprint density at radius 2 is 1.83 bits per heavy atom. The van der Waals surface area contributed by atoms with Crippen molar-refractivity contribution >= 4 is 17.7 Å². The maximum Gasteiger partial charge on any atom is 0.412 e. The van der Waals surface area contributed by atoms with Crippen LogP contribution in [0.25, 0.3) is 22.7 Å². The molecule has 0 aliphatic rings. The lowest BCUT2D eigenvalue weighted by molar-refractivity contribution is -0.136. The van der Waals surface area contributed by atoms with Gasteiger partial charge < -0.3 is 14.4 Å². The summed E-state index contributed by atoms with van der Waals surface area (Å²) in [5, 5.41) is 15.4. The minimum Gasteiger partial charge on any atom is -0.481 e. The molecule has 3 heterocycles. The largest absolute Gasteiger partial charge is 0.481 e. The topological polar surface area (TPSA) is 127 Å². The molecule has 10 heteroatoms. The third kappa shape index (κ3) is 5.49. The number of rotatable bonds is 7. The molecule has 0 bridgehead atoms. The molecular formula is C25H21FN4O5. The van der Waals surface area contributed by atoms with Crippen LogP contribution in [0, 0.1) is 12.7 Å². The van der Waals surface area contributed by atoms with Crippen molar-refractivity contribution in [3.63, 3.8) is 0 Å². The molecule has 0 fully saturated rings. The molecule has 0 saturated carbocycles. The van der Waals surface area contributed by atoms with E-state index < -0.39 is 24.0 Å². The first-order valence-electron chi connectivity index (χ1n) is 10.6. The molecule has 1 aromatic carbocycles. The van der Waals surface area contributed by atoms with Crippen molar-refractivity contribution < 1.29 is 28.3 Å². The molecule has 3 aromatic heterocycles. The van der Waals surface area contributed by atoms with Gasteiger partial charge >= 0.3 is 12.1 Å². The Morgan fingerprint density at radius 1 is 1.09 bits per heavy atom. The SMILES string of the molecule is Cc1noc(-c2ccc(-c3ccc(CC(=O)O)cn3)cn2)c1NC(=O)O[C@H](C)c1ccccc1F. The summed E-state index contributed by atoms with van der Waals surface area (Å²) < 4.78 is 24.7. The predicted octanol–water partition coefficient (Wildman–Crippen LogP) is 5.18. The van der Waals surface area contributed by atoms with Crippen LogP contribution in [0.1, 0.15) is 29.8 Å². The number of benzene rings is 1. The van der Waals surface area contributed by atoms with E-state index in [-0.39, 0.29) is 23.4 Å². The van der Waals surface area contributed by atoms with Crippen LogP contribution in [0.5, 0.6) is 0 Å². The average molecular weight is 476 g/mol. The Morgan fingerprint density at radius 3 is 2.49 bits per heavy atom. The fourth-order valence-electron chi connectivity index (χ4n) is 3.41. The molecule has 9 nitrogen and oxygen atoms in total. The van der Waals surface area contributed by atoms with Crippen molar-refractivity contribution in [1.82, 2.24) is 15.1 Å². The quantitative estimate of drug-likeness (QED) is 0.373. The van der Waals surface area contributed by atoms with Crippen LogP contribution in [0.3, 0.4) is 0 Å². The van der Waals surface area contributed by atoms with Gasteiger partial charge in [-0.15, -0.1) is 0 Å². The van der Waals surface area contributed by atoms with E-state index in [4.69, 9.17) is 14.4 Å². The molecule has 35 heavy (non-hydrogen) atoms. The summed E-state index contributed by atoms with van der Waals surface area (Å²) in [5.41, 5.74) is 3.29. The monoisotopic (exact) mass is 476 g/mol. The number of carbonyl (C=O) groups excluding carboxylic acids is 1. The van der Waals surface area contributed by atoms with Gasteiger partial charge in [-0.1, -0.05) is 29.4 Å². The lowest BCUT2D eigenvalue weighted by Gasteiger charge is -2.15. The molecule has 0 aliphatic carbocycles. The number of hydrogen-bond acceptors (Lipinski definition) is 7. The standard InChI is InChI=1S/C25H21FN4O5/c1-14-23(29-25(33)34-15(2)18-5-3-4-6-19(18)26)24(35-30-14)21-10-8-17(13-28-21)20-9-7-16(12-27-20)11-22(31)32/h3-10,12-13,15H,11H2,1-2H3,(H,29,33)(H,31,32)/t15-/m1/s1. The number of ether oxygens (including phenoxy) is 1. The van der Waals surface area contributed by atoms with Crippen molar-refractivity contribution in [3.05, 3.63) is 83.6 Å². The van der Waals surface area contributed by atoms with E-state index in [1.807, 2.05) is 0 Å². The van der Waals surface area contributed by atoms with E-state index in [0.717, 1.165) is 0 Å². The van der Waals surface area contributed by atoms with Crippen LogP contribution < -0.4 is 5.32 Å². The van der Waals surface area contributed by atoms with Gasteiger partial charge in [-0.05, 0) is 43.7 Å². The number of amides is 1. The molecule has 178 valence electrons. The minimum absolute atomic E-state index is 0.105. The highest BCUT2D eigenvalue weighted by Crippen LogP contribution is 2.31. The summed E-state index contributed by atoms with van der Waals surface area (Å²) in [6, 6.07) is 12.9. The van der Waals surface area contributed by atoms with Gasteiger partial charge in [0.05, 0.1) is 12.1 Å². The van der Waals surface area contributed by atoms with Gasteiger partial charge in [-0.3, -0.25) is 20.1 Å². The molecule has 4 aromatic rings. The summed E-state index contributed by atoms with van der Waals surface area (Å²) in [6.45, 7) is 3.22. The fourth-order valence-corrected chi connectivity index (χ4v) is 3.41. The zero-order valence-corrected chi connectivity index (χ0v) is 18.9. The Balaban J connectivity index is 1.48. The van der Waals surface area contributed by atoms with E-state index in [0.29, 0.717) is 28.2 Å². The first-order valence-corrected chi connectivity index (χ1v) is 10.6. The normalized spacial score (nSPS) is 11.6. The van der Waals surface area contributed by atoms with E-state index in [2.05, 4.69) is 20.4 Å². The number of aromatic nitrogens is 3. The van der Waals surface area contributed by atoms with E-state index in [1.54, 1.807) is 62.5 Å². The molecule has 2 N–H and O–H groups in total. The van der Waals surface area contributed by atoms with Gasteiger partial charge in [0.1, 0.15) is 29.0 Å². The lowest BCUT2D eigenvalue weighted by atomic mass is 10.1. The summed E-state index contributed by atoms with van der Waals surface area (Å²) in [4.78, 5) is 32.0. The van der Waals surface area contributed by atoms with Crippen molar-refractivity contribution in [3.8, 4) is 22.7 Å². The van der Waals surface area contributed by atoms with E-state index >= 15 is 0 Å². The molecule has 4 rings (SSSR count). The van der Waals surface area contributed by atoms with Gasteiger partial charge in [-0.25, -0.2) is 9.18 Å². The second-order valence-electron chi connectivity index (χ2n) is 7.72. The number of nitrogens with one attached hydrogen (secondary N) is 1. The number of hydrogen-bond donors (Lipinski definition) is 2. The van der Waals surface area contributed by atoms with E-state index in [9.17, 15) is 14.0 Å². The number of aliphatic carboxylic acids is 1. The van der Waals surface area contributed by atoms with Gasteiger partial charge in [-0.2, -0.15) is 0 Å². The lowest BCUT2D eigenvalue weighted by Crippen LogP contribution is -2.17. The maximum absolute atomic E-state index is 14.0. The van der Waals surface area contributed by atoms with Crippen LogP contribution >= 0.6 is 0 Å². The zero-order valence-electron chi connectivity index (χ0n) is 18.9. The van der Waals surface area contributed by atoms with Crippen LogP contribution in [0.15, 0.2) is 65.4 Å². The van der Waals surface area contributed by atoms with Crippen molar-refractivity contribution in [2.45, 2.75) is 26.4 Å². The second-order valence-corrected chi connectivity index (χ2v) is 7.72. The number of halogens is 1. The van der Waals surface area contributed by atoms with Crippen LogP contribution in [-0.4, -0.2) is 32.3 Å². The third-order valence-electron chi connectivity index (χ3n) is 5.19. The van der Waals surface area contributed by atoms with Gasteiger partial charge in [0, 0.05) is 23.5 Å². The Hall–Kier alpha value is -4.60. The number of pyridine rings is 2. The van der Waals surface area contributed by atoms with E-state index in [1.165, 1.54) is 12.3 Å². The maximum atomic E-state index is 14.0. The summed E-state index contributed by atoms with van der Waals surface area (Å²) in [7, 11) is 0. The molecule has 0 aliphatic heterocycles. The summed E-state index contributed by atoms with van der Waals surface area (Å²) >= 11 is 0. The minimum atomic E-state index is -0.928. The highest BCUT2D eigenvalue weighted by molar-refractivity contribution is 5.90. The molecular weight excluding hydrogens is 455 g/mol. The van der Waals surface area contributed by atoms with Gasteiger partial charge in [0.15, 0.2) is 0 Å². The van der Waals surface area contributed by atoms with Gasteiger partial charge in [0.25, 0.3) is 0 Å². The predicted molar refractivity (Wildman–Crippen MR) is 124 cm³/mol. The van der Waals surface area contributed by atoms with Crippen molar-refractivity contribution in [1.29, 1.82) is 0 Å². The summed E-state index contributed by atoms with van der Waals surface area (Å²) in [5.74, 6) is -1.16. The molecule has 0 saturated heterocycles.